The van der Waals surface area contributed by atoms with E-state index in [0.717, 1.165) is 19.5 Å². The first-order chi connectivity index (χ1) is 6.81. The largest absolute Gasteiger partial charge is 1.00 e. The molecule has 0 amide bonds. The Morgan fingerprint density at radius 1 is 1.40 bits per heavy atom. The Labute approximate surface area is 109 Å². The minimum absolute atomic E-state index is 0. The first-order valence-electron chi connectivity index (χ1n) is 5.11. The molecule has 0 saturated heterocycles. The molecular weight excluding hydrogens is 299 g/mol. The Bertz CT molecular complexity index is 315. The highest BCUT2D eigenvalue weighted by Crippen LogP contribution is 2.01. The number of aryl methyl sites for hydroxylation is 1. The zero-order valence-electron chi connectivity index (χ0n) is 9.32. The zero-order valence-corrected chi connectivity index (χ0v) is 11.5. The number of nitrogens with zero attached hydrogens (tertiary/aromatic N) is 2. The van der Waals surface area contributed by atoms with Gasteiger partial charge in [-0.1, -0.05) is 32.2 Å². The Kier molecular flexibility index (Phi) is 7.38. The van der Waals surface area contributed by atoms with E-state index < -0.39 is 0 Å². The second-order valence-electron chi connectivity index (χ2n) is 3.41. The van der Waals surface area contributed by atoms with Crippen molar-refractivity contribution in [1.82, 2.24) is 4.57 Å². The van der Waals surface area contributed by atoms with Crippen LogP contribution in [0.3, 0.4) is 0 Å². The molecule has 0 N–H and O–H groups in total. The molecule has 0 bridgehead atoms. The summed E-state index contributed by atoms with van der Waals surface area (Å²) in [4.78, 5) is 0. The number of rotatable bonds is 6. The van der Waals surface area contributed by atoms with E-state index in [4.69, 9.17) is 0 Å². The van der Waals surface area contributed by atoms with Crippen molar-refractivity contribution in [3.8, 4) is 0 Å². The van der Waals surface area contributed by atoms with Crippen molar-refractivity contribution < 1.29 is 28.5 Å². The summed E-state index contributed by atoms with van der Waals surface area (Å²) >= 11 is 0. The monoisotopic (exact) mass is 318 g/mol. The first-order valence-corrected chi connectivity index (χ1v) is 5.11. The molecule has 0 aliphatic heterocycles. The minimum Gasteiger partial charge on any atom is -1.00 e. The third-order valence-electron chi connectivity index (χ3n) is 2.14. The zero-order chi connectivity index (χ0) is 10.4. The molecule has 1 heterocycles. The van der Waals surface area contributed by atoms with Gasteiger partial charge in [0.25, 0.3) is 0 Å². The maximum atomic E-state index is 3.76. The third kappa shape index (κ3) is 4.20. The van der Waals surface area contributed by atoms with Crippen molar-refractivity contribution in [2.24, 2.45) is 0 Å². The van der Waals surface area contributed by atoms with Crippen LogP contribution < -0.4 is 28.5 Å². The van der Waals surface area contributed by atoms with E-state index in [0.29, 0.717) is 0 Å². The molecule has 0 aliphatic carbocycles. The molecule has 0 unspecified atom stereocenters. The van der Waals surface area contributed by atoms with Gasteiger partial charge in [0.1, 0.15) is 25.0 Å². The maximum Gasteiger partial charge on any atom is 0.244 e. The molecule has 0 spiro atoms. The second-order valence-corrected chi connectivity index (χ2v) is 3.41. The molecule has 1 rings (SSSR count). The van der Waals surface area contributed by atoms with Crippen LogP contribution in [0.15, 0.2) is 37.8 Å². The lowest BCUT2D eigenvalue weighted by atomic mass is 10.2. The number of allylic oxidation sites excluding steroid dienone is 2. The summed E-state index contributed by atoms with van der Waals surface area (Å²) in [6.45, 7) is 11.5. The molecule has 0 aromatic carbocycles. The van der Waals surface area contributed by atoms with E-state index in [1.807, 2.05) is 12.2 Å². The SMILES string of the molecule is C=CCn1c[n+](CC=C)cc1CCC.[I-]. The molecular formula is C12H19IN2. The predicted molar refractivity (Wildman–Crippen MR) is 59.0 cm³/mol. The molecule has 0 radical (unpaired) electrons. The van der Waals surface area contributed by atoms with Crippen LogP contribution in [0.4, 0.5) is 0 Å². The van der Waals surface area contributed by atoms with Crippen molar-refractivity contribution >= 4 is 0 Å². The summed E-state index contributed by atoms with van der Waals surface area (Å²) in [6, 6.07) is 0. The lowest BCUT2D eigenvalue weighted by Gasteiger charge is -1.94. The van der Waals surface area contributed by atoms with Crippen LogP contribution in [-0.2, 0) is 19.5 Å². The highest BCUT2D eigenvalue weighted by atomic mass is 127. The Balaban J connectivity index is 0.00000196. The second kappa shape index (κ2) is 7.68. The fourth-order valence-electron chi connectivity index (χ4n) is 1.57. The van der Waals surface area contributed by atoms with Crippen LogP contribution in [0.1, 0.15) is 19.0 Å². The molecule has 15 heavy (non-hydrogen) atoms. The van der Waals surface area contributed by atoms with Gasteiger partial charge in [-0.05, 0) is 6.42 Å². The van der Waals surface area contributed by atoms with Crippen molar-refractivity contribution in [2.75, 3.05) is 0 Å². The van der Waals surface area contributed by atoms with Gasteiger partial charge in [0, 0.05) is 6.42 Å². The molecule has 0 aliphatic rings. The van der Waals surface area contributed by atoms with E-state index in [1.54, 1.807) is 0 Å². The molecule has 1 aromatic rings. The number of imidazole rings is 1. The fraction of sp³-hybridized carbons (Fsp3) is 0.417. The summed E-state index contributed by atoms with van der Waals surface area (Å²) in [7, 11) is 0. The minimum atomic E-state index is 0. The fourth-order valence-corrected chi connectivity index (χ4v) is 1.57. The molecule has 0 atom stereocenters. The Hall–Kier alpha value is -0.580. The maximum absolute atomic E-state index is 3.76. The summed E-state index contributed by atoms with van der Waals surface area (Å²) in [5, 5.41) is 0. The molecule has 3 heteroatoms. The lowest BCUT2D eigenvalue weighted by Crippen LogP contribution is -3.00. The topological polar surface area (TPSA) is 8.81 Å². The van der Waals surface area contributed by atoms with Crippen molar-refractivity contribution in [1.29, 1.82) is 0 Å². The predicted octanol–water partition coefficient (Wildman–Crippen LogP) is -0.896. The van der Waals surface area contributed by atoms with Crippen LogP contribution in [0.2, 0.25) is 0 Å². The molecule has 1 aromatic heterocycles. The Morgan fingerprint density at radius 2 is 2.13 bits per heavy atom. The van der Waals surface area contributed by atoms with Crippen molar-refractivity contribution in [2.45, 2.75) is 32.9 Å². The van der Waals surface area contributed by atoms with Gasteiger partial charge in [0.2, 0.25) is 6.33 Å². The summed E-state index contributed by atoms with van der Waals surface area (Å²) in [6.07, 6.45) is 10.4. The summed E-state index contributed by atoms with van der Waals surface area (Å²) < 4.78 is 4.39. The van der Waals surface area contributed by atoms with Crippen molar-refractivity contribution in [3.63, 3.8) is 0 Å². The van der Waals surface area contributed by atoms with Gasteiger partial charge in [0.15, 0.2) is 0 Å². The van der Waals surface area contributed by atoms with E-state index in [1.165, 1.54) is 12.1 Å². The molecule has 2 nitrogen and oxygen atoms in total. The van der Waals surface area contributed by atoms with Crippen LogP contribution in [-0.4, -0.2) is 4.57 Å². The van der Waals surface area contributed by atoms with E-state index in [-0.39, 0.29) is 24.0 Å². The third-order valence-corrected chi connectivity index (χ3v) is 2.14. The van der Waals surface area contributed by atoms with Crippen LogP contribution >= 0.6 is 0 Å². The molecule has 0 saturated carbocycles. The first kappa shape index (κ1) is 14.4. The number of hydrogen-bond acceptors (Lipinski definition) is 0. The van der Waals surface area contributed by atoms with Crippen LogP contribution in [0, 0.1) is 0 Å². The smallest absolute Gasteiger partial charge is 0.244 e. The van der Waals surface area contributed by atoms with Gasteiger partial charge in [0.05, 0.1) is 0 Å². The standard InChI is InChI=1S/C12H19N2.HI/c1-4-7-12-10-13(8-5-2)11-14(12)9-6-3;/h5-6,10-11H,2-4,7-9H2,1H3;1H/q+1;/p-1. The lowest BCUT2D eigenvalue weighted by molar-refractivity contribution is -0.686. The molecule has 0 fully saturated rings. The summed E-state index contributed by atoms with van der Waals surface area (Å²) in [5.74, 6) is 0. The van der Waals surface area contributed by atoms with Gasteiger partial charge in [-0.25, -0.2) is 9.13 Å². The van der Waals surface area contributed by atoms with Gasteiger partial charge >= 0.3 is 0 Å². The van der Waals surface area contributed by atoms with Gasteiger partial charge in [-0.3, -0.25) is 0 Å². The average molecular weight is 318 g/mol. The number of aromatic nitrogens is 2. The van der Waals surface area contributed by atoms with Gasteiger partial charge in [-0.2, -0.15) is 0 Å². The highest BCUT2D eigenvalue weighted by Gasteiger charge is 2.09. The quantitative estimate of drug-likeness (QED) is 0.365. The van der Waals surface area contributed by atoms with Crippen molar-refractivity contribution in [3.05, 3.63) is 43.5 Å². The van der Waals surface area contributed by atoms with E-state index in [2.05, 4.69) is 41.7 Å². The summed E-state index contributed by atoms with van der Waals surface area (Å²) in [5.41, 5.74) is 1.37. The number of hydrogen-bond donors (Lipinski definition) is 0. The van der Waals surface area contributed by atoms with E-state index >= 15 is 0 Å². The highest BCUT2D eigenvalue weighted by molar-refractivity contribution is 4.95. The molecule has 84 valence electrons. The normalized spacial score (nSPS) is 9.40. The average Bonchev–Trinajstić information content (AvgIpc) is 2.50. The number of halogens is 1. The van der Waals surface area contributed by atoms with Gasteiger partial charge < -0.3 is 24.0 Å². The van der Waals surface area contributed by atoms with E-state index in [9.17, 15) is 0 Å². The van der Waals surface area contributed by atoms with Crippen LogP contribution in [0.25, 0.3) is 0 Å². The Morgan fingerprint density at radius 3 is 2.67 bits per heavy atom. The van der Waals surface area contributed by atoms with Crippen LogP contribution in [0.5, 0.6) is 0 Å². The van der Waals surface area contributed by atoms with Gasteiger partial charge in [-0.15, -0.1) is 0 Å².